The topological polar surface area (TPSA) is 72.7 Å². The molecule has 0 saturated carbocycles. The van der Waals surface area contributed by atoms with Crippen LogP contribution in [0.25, 0.3) is 5.95 Å². The van der Waals surface area contributed by atoms with Crippen LogP contribution in [0, 0.1) is 32.4 Å². The lowest BCUT2D eigenvalue weighted by Gasteiger charge is -2.09. The van der Waals surface area contributed by atoms with Gasteiger partial charge in [0.2, 0.25) is 0 Å². The van der Waals surface area contributed by atoms with Crippen LogP contribution in [-0.4, -0.2) is 25.7 Å². The summed E-state index contributed by atoms with van der Waals surface area (Å²) in [6.07, 6.45) is 0. The van der Waals surface area contributed by atoms with Crippen LogP contribution in [-0.2, 0) is 0 Å². The van der Waals surface area contributed by atoms with Crippen molar-refractivity contribution in [3.63, 3.8) is 0 Å². The number of aryl methyl sites for hydroxylation is 3. The number of hydrogen-bond donors (Lipinski definition) is 1. The molecule has 0 fully saturated rings. The Morgan fingerprint density at radius 3 is 2.28 bits per heavy atom. The fraction of sp³-hybridized carbons (Fsp3) is 0.176. The van der Waals surface area contributed by atoms with E-state index in [0.29, 0.717) is 17.5 Å². The van der Waals surface area contributed by atoms with Crippen molar-refractivity contribution in [2.45, 2.75) is 20.8 Å². The fourth-order valence-electron chi connectivity index (χ4n) is 2.37. The lowest BCUT2D eigenvalue weighted by Crippen LogP contribution is -2.17. The highest BCUT2D eigenvalue weighted by Crippen LogP contribution is 2.17. The molecule has 8 heteroatoms. The van der Waals surface area contributed by atoms with Gasteiger partial charge >= 0.3 is 0 Å². The predicted molar refractivity (Wildman–Crippen MR) is 87.7 cm³/mol. The SMILES string of the molecule is Cc1cc(C)nc(-n2nc(C)cc2NC(=O)c2ccc(F)c(F)c2)n1. The average Bonchev–Trinajstić information content (AvgIpc) is 2.89. The summed E-state index contributed by atoms with van der Waals surface area (Å²) in [5.74, 6) is -2.05. The predicted octanol–water partition coefficient (Wildman–Crippen LogP) is 3.12. The maximum Gasteiger partial charge on any atom is 0.256 e. The molecule has 0 radical (unpaired) electrons. The second-order valence-corrected chi connectivity index (χ2v) is 5.62. The van der Waals surface area contributed by atoms with E-state index in [1.807, 2.05) is 19.9 Å². The molecule has 1 amide bonds. The van der Waals surface area contributed by atoms with Gasteiger partial charge in [-0.2, -0.15) is 9.78 Å². The van der Waals surface area contributed by atoms with Crippen molar-refractivity contribution in [2.24, 2.45) is 0 Å². The van der Waals surface area contributed by atoms with Crippen LogP contribution in [0.3, 0.4) is 0 Å². The van der Waals surface area contributed by atoms with Gasteiger partial charge in [0.15, 0.2) is 11.6 Å². The van der Waals surface area contributed by atoms with Crippen LogP contribution < -0.4 is 5.32 Å². The third kappa shape index (κ3) is 3.52. The molecule has 0 aliphatic rings. The van der Waals surface area contributed by atoms with Crippen LogP contribution in [0.2, 0.25) is 0 Å². The monoisotopic (exact) mass is 343 g/mol. The first-order chi connectivity index (χ1) is 11.8. The molecule has 3 aromatic rings. The summed E-state index contributed by atoms with van der Waals surface area (Å²) in [5.41, 5.74) is 2.15. The number of carbonyl (C=O) groups excluding carboxylic acids is 1. The molecular formula is C17H15F2N5O. The van der Waals surface area contributed by atoms with Crippen molar-refractivity contribution in [2.75, 3.05) is 5.32 Å². The average molecular weight is 343 g/mol. The summed E-state index contributed by atoms with van der Waals surface area (Å²) in [5, 5.41) is 6.91. The number of aromatic nitrogens is 4. The van der Waals surface area contributed by atoms with Crippen molar-refractivity contribution in [3.8, 4) is 5.95 Å². The van der Waals surface area contributed by atoms with E-state index in [0.717, 1.165) is 23.5 Å². The first-order valence-corrected chi connectivity index (χ1v) is 7.49. The third-order valence-electron chi connectivity index (χ3n) is 3.41. The van der Waals surface area contributed by atoms with E-state index in [4.69, 9.17) is 0 Å². The fourth-order valence-corrected chi connectivity index (χ4v) is 2.37. The second kappa shape index (κ2) is 6.39. The molecule has 1 aromatic carbocycles. The third-order valence-corrected chi connectivity index (χ3v) is 3.41. The molecule has 128 valence electrons. The number of rotatable bonds is 3. The van der Waals surface area contributed by atoms with Gasteiger partial charge < -0.3 is 5.32 Å². The molecule has 2 heterocycles. The van der Waals surface area contributed by atoms with Crippen LogP contribution in [0.4, 0.5) is 14.6 Å². The molecule has 0 unspecified atom stereocenters. The first kappa shape index (κ1) is 16.7. The lowest BCUT2D eigenvalue weighted by atomic mass is 10.2. The minimum Gasteiger partial charge on any atom is -0.306 e. The molecule has 0 spiro atoms. The molecule has 6 nitrogen and oxygen atoms in total. The van der Waals surface area contributed by atoms with Crippen LogP contribution in [0.1, 0.15) is 27.4 Å². The number of carbonyl (C=O) groups is 1. The summed E-state index contributed by atoms with van der Waals surface area (Å²) in [7, 11) is 0. The maximum absolute atomic E-state index is 13.3. The quantitative estimate of drug-likeness (QED) is 0.793. The van der Waals surface area contributed by atoms with E-state index in [2.05, 4.69) is 20.4 Å². The van der Waals surface area contributed by atoms with E-state index in [-0.39, 0.29) is 5.56 Å². The van der Waals surface area contributed by atoms with Gasteiger partial charge in [0.1, 0.15) is 5.82 Å². The van der Waals surface area contributed by atoms with Crippen molar-refractivity contribution < 1.29 is 13.6 Å². The van der Waals surface area contributed by atoms with Crippen molar-refractivity contribution >= 4 is 11.7 Å². The summed E-state index contributed by atoms with van der Waals surface area (Å²) in [6, 6.07) is 6.40. The molecule has 3 rings (SSSR count). The highest BCUT2D eigenvalue weighted by atomic mass is 19.2. The normalized spacial score (nSPS) is 10.8. The Bertz CT molecular complexity index is 947. The van der Waals surface area contributed by atoms with Crippen molar-refractivity contribution in [1.82, 2.24) is 19.7 Å². The number of benzene rings is 1. The number of nitrogens with one attached hydrogen (secondary N) is 1. The van der Waals surface area contributed by atoms with Crippen molar-refractivity contribution in [1.29, 1.82) is 0 Å². The largest absolute Gasteiger partial charge is 0.306 e. The van der Waals surface area contributed by atoms with Gasteiger partial charge in [0.25, 0.3) is 11.9 Å². The Kier molecular flexibility index (Phi) is 4.26. The smallest absolute Gasteiger partial charge is 0.256 e. The van der Waals surface area contributed by atoms with Crippen LogP contribution in [0.5, 0.6) is 0 Å². The van der Waals surface area contributed by atoms with Gasteiger partial charge in [-0.15, -0.1) is 0 Å². The Hall–Kier alpha value is -3.16. The van der Waals surface area contributed by atoms with Gasteiger partial charge in [0.05, 0.1) is 5.69 Å². The van der Waals surface area contributed by atoms with Gasteiger partial charge in [-0.3, -0.25) is 4.79 Å². The summed E-state index contributed by atoms with van der Waals surface area (Å²) >= 11 is 0. The molecule has 0 bridgehead atoms. The van der Waals surface area contributed by atoms with E-state index in [9.17, 15) is 13.6 Å². The van der Waals surface area contributed by atoms with Gasteiger partial charge in [0, 0.05) is 23.0 Å². The van der Waals surface area contributed by atoms with Gasteiger partial charge in [-0.05, 0) is 45.0 Å². The Balaban J connectivity index is 1.95. The second-order valence-electron chi connectivity index (χ2n) is 5.62. The Labute approximate surface area is 142 Å². The minimum absolute atomic E-state index is 0.00866. The van der Waals surface area contributed by atoms with Gasteiger partial charge in [-0.1, -0.05) is 0 Å². The zero-order valence-electron chi connectivity index (χ0n) is 13.8. The Morgan fingerprint density at radius 2 is 1.64 bits per heavy atom. The zero-order valence-corrected chi connectivity index (χ0v) is 13.8. The molecule has 0 saturated heterocycles. The van der Waals surface area contributed by atoms with Crippen LogP contribution >= 0.6 is 0 Å². The molecular weight excluding hydrogens is 328 g/mol. The molecule has 0 aliphatic heterocycles. The van der Waals surface area contributed by atoms with Gasteiger partial charge in [-0.25, -0.2) is 18.7 Å². The summed E-state index contributed by atoms with van der Waals surface area (Å²) in [6.45, 7) is 5.41. The standard InChI is InChI=1S/C17H15F2N5O/c1-9-6-10(2)21-17(20-9)24-15(7-11(3)23-24)22-16(25)12-4-5-13(18)14(19)8-12/h4-8H,1-3H3,(H,22,25). The van der Waals surface area contributed by atoms with E-state index in [1.165, 1.54) is 10.7 Å². The first-order valence-electron chi connectivity index (χ1n) is 7.49. The lowest BCUT2D eigenvalue weighted by molar-refractivity contribution is 0.102. The molecule has 2 aromatic heterocycles. The summed E-state index contributed by atoms with van der Waals surface area (Å²) in [4.78, 5) is 20.9. The van der Waals surface area contributed by atoms with Crippen molar-refractivity contribution in [3.05, 3.63) is 64.6 Å². The summed E-state index contributed by atoms with van der Waals surface area (Å²) < 4.78 is 27.7. The molecule has 25 heavy (non-hydrogen) atoms. The number of halogens is 2. The number of hydrogen-bond acceptors (Lipinski definition) is 4. The zero-order chi connectivity index (χ0) is 18.1. The maximum atomic E-state index is 13.3. The Morgan fingerprint density at radius 1 is 0.960 bits per heavy atom. The van der Waals surface area contributed by atoms with E-state index >= 15 is 0 Å². The minimum atomic E-state index is -1.09. The highest BCUT2D eigenvalue weighted by Gasteiger charge is 2.16. The van der Waals surface area contributed by atoms with E-state index in [1.54, 1.807) is 13.0 Å². The number of anilines is 1. The number of amides is 1. The molecule has 1 N–H and O–H groups in total. The number of nitrogens with zero attached hydrogens (tertiary/aromatic N) is 4. The molecule has 0 aliphatic carbocycles. The van der Waals surface area contributed by atoms with Crippen LogP contribution in [0.15, 0.2) is 30.3 Å². The van der Waals surface area contributed by atoms with E-state index < -0.39 is 17.5 Å². The molecule has 0 atom stereocenters. The highest BCUT2D eigenvalue weighted by molar-refractivity contribution is 6.03.